The summed E-state index contributed by atoms with van der Waals surface area (Å²) >= 11 is 0. The molecule has 0 amide bonds. The Balaban J connectivity index is 1.27. The quantitative estimate of drug-likeness (QED) is 0.594. The van der Waals surface area contributed by atoms with Crippen molar-refractivity contribution >= 4 is 6.08 Å². The van der Waals surface area contributed by atoms with Gasteiger partial charge in [0.15, 0.2) is 0 Å². The molecule has 3 nitrogen and oxygen atoms in total. The van der Waals surface area contributed by atoms with Gasteiger partial charge in [-0.2, -0.15) is 0 Å². The molecule has 2 heterocycles. The van der Waals surface area contributed by atoms with Gasteiger partial charge in [-0.15, -0.1) is 0 Å². The molecule has 1 aromatic rings. The predicted molar refractivity (Wildman–Crippen MR) is 130 cm³/mol. The Kier molecular flexibility index (Phi) is 5.15. The van der Waals surface area contributed by atoms with Gasteiger partial charge in [-0.05, 0) is 117 Å². The summed E-state index contributed by atoms with van der Waals surface area (Å²) in [6, 6.07) is 4.82. The van der Waals surface area contributed by atoms with Crippen molar-refractivity contribution in [2.75, 3.05) is 13.1 Å². The maximum absolute atomic E-state index is 11.4. The fourth-order valence-electron chi connectivity index (χ4n) is 8.74. The SMILES string of the molecule is C[C@]12CC[C@H]3[C@@H](CCC4=C[C@@H](N5CCCC5)CC[C@@]43C)[C@@H]1C/C(=C\c1ccncc1)[C@@H]2O. The molecule has 4 fully saturated rings. The van der Waals surface area contributed by atoms with Crippen LogP contribution in [-0.4, -0.2) is 40.2 Å². The van der Waals surface area contributed by atoms with Crippen molar-refractivity contribution < 1.29 is 5.11 Å². The molecule has 5 aliphatic rings. The van der Waals surface area contributed by atoms with E-state index in [9.17, 15) is 5.11 Å². The highest BCUT2D eigenvalue weighted by Crippen LogP contribution is 2.66. The van der Waals surface area contributed by atoms with Crippen LogP contribution in [0.5, 0.6) is 0 Å². The van der Waals surface area contributed by atoms with Gasteiger partial charge in [-0.1, -0.05) is 31.6 Å². The summed E-state index contributed by atoms with van der Waals surface area (Å²) in [7, 11) is 0. The lowest BCUT2D eigenvalue weighted by Gasteiger charge is -2.58. The summed E-state index contributed by atoms with van der Waals surface area (Å²) < 4.78 is 0. The van der Waals surface area contributed by atoms with Crippen molar-refractivity contribution in [2.45, 2.75) is 83.8 Å². The van der Waals surface area contributed by atoms with Crippen LogP contribution in [0.25, 0.3) is 6.08 Å². The lowest BCUT2D eigenvalue weighted by atomic mass is 9.47. The van der Waals surface area contributed by atoms with Crippen molar-refractivity contribution in [3.63, 3.8) is 0 Å². The zero-order chi connectivity index (χ0) is 21.9. The molecule has 172 valence electrons. The van der Waals surface area contributed by atoms with E-state index < -0.39 is 0 Å². The first-order valence-corrected chi connectivity index (χ1v) is 13.2. The third-order valence-corrected chi connectivity index (χ3v) is 10.6. The number of hydrogen-bond acceptors (Lipinski definition) is 3. The highest BCUT2D eigenvalue weighted by molar-refractivity contribution is 5.55. The maximum atomic E-state index is 11.4. The van der Waals surface area contributed by atoms with Crippen molar-refractivity contribution in [3.05, 3.63) is 47.3 Å². The molecule has 1 aromatic heterocycles. The summed E-state index contributed by atoms with van der Waals surface area (Å²) in [5, 5.41) is 11.4. The second-order valence-corrected chi connectivity index (χ2v) is 12.0. The Morgan fingerprint density at radius 2 is 1.81 bits per heavy atom. The molecule has 3 saturated carbocycles. The minimum atomic E-state index is -0.294. The normalized spacial score (nSPS) is 45.3. The molecule has 0 unspecified atom stereocenters. The first kappa shape index (κ1) is 21.1. The van der Waals surface area contributed by atoms with Crippen LogP contribution in [0.4, 0.5) is 0 Å². The van der Waals surface area contributed by atoms with Crippen LogP contribution in [0.1, 0.15) is 77.2 Å². The minimum absolute atomic E-state index is 0.0460. The van der Waals surface area contributed by atoms with Crippen molar-refractivity contribution in [1.29, 1.82) is 0 Å². The second-order valence-electron chi connectivity index (χ2n) is 12.0. The molecule has 7 atom stereocenters. The van der Waals surface area contributed by atoms with Crippen LogP contribution in [-0.2, 0) is 0 Å². The Morgan fingerprint density at radius 1 is 1.03 bits per heavy atom. The minimum Gasteiger partial charge on any atom is -0.388 e. The summed E-state index contributed by atoms with van der Waals surface area (Å²) in [5.41, 5.74) is 4.66. The van der Waals surface area contributed by atoms with E-state index in [1.807, 2.05) is 12.4 Å². The average molecular weight is 433 g/mol. The lowest BCUT2D eigenvalue weighted by Crippen LogP contribution is -2.52. The molecule has 4 aliphatic carbocycles. The molecule has 1 aliphatic heterocycles. The van der Waals surface area contributed by atoms with E-state index in [0.717, 1.165) is 18.3 Å². The summed E-state index contributed by atoms with van der Waals surface area (Å²) in [6.07, 6.45) is 20.0. The van der Waals surface area contributed by atoms with Gasteiger partial charge in [0.05, 0.1) is 6.10 Å². The average Bonchev–Trinajstić information content (AvgIpc) is 3.42. The van der Waals surface area contributed by atoms with Crippen LogP contribution < -0.4 is 0 Å². The van der Waals surface area contributed by atoms with E-state index >= 15 is 0 Å². The van der Waals surface area contributed by atoms with Gasteiger partial charge in [0.1, 0.15) is 0 Å². The van der Waals surface area contributed by atoms with Gasteiger partial charge in [0.2, 0.25) is 0 Å². The Morgan fingerprint density at radius 3 is 2.59 bits per heavy atom. The van der Waals surface area contributed by atoms with Crippen LogP contribution in [0.2, 0.25) is 0 Å². The van der Waals surface area contributed by atoms with Crippen LogP contribution in [0.3, 0.4) is 0 Å². The molecular weight excluding hydrogens is 392 g/mol. The van der Waals surface area contributed by atoms with Gasteiger partial charge in [-0.3, -0.25) is 9.88 Å². The first-order chi connectivity index (χ1) is 15.5. The number of aromatic nitrogens is 1. The molecule has 1 saturated heterocycles. The number of aliphatic hydroxyl groups excluding tert-OH is 1. The number of nitrogens with zero attached hydrogens (tertiary/aromatic N) is 2. The smallest absolute Gasteiger partial charge is 0.0809 e. The standard InChI is InChI=1S/C29H40N2O/c1-28-11-7-23(31-15-3-4-16-31)19-22(28)5-6-24-25(28)8-12-29(2)26(24)18-21(27(29)32)17-20-9-13-30-14-10-20/h9-10,13-14,17,19,23-27,32H,3-8,11-12,15-16,18H2,1-2H3/b21-17+/t23-,24+,25-,26-,27-,28-,29-/m0/s1. The van der Waals surface area contributed by atoms with Gasteiger partial charge >= 0.3 is 0 Å². The van der Waals surface area contributed by atoms with Crippen LogP contribution >= 0.6 is 0 Å². The van der Waals surface area contributed by atoms with E-state index in [4.69, 9.17) is 0 Å². The van der Waals surface area contributed by atoms with E-state index in [1.54, 1.807) is 5.57 Å². The van der Waals surface area contributed by atoms with Gasteiger partial charge in [-0.25, -0.2) is 0 Å². The van der Waals surface area contributed by atoms with Crippen LogP contribution in [0, 0.1) is 28.6 Å². The molecular formula is C29H40N2O. The number of likely N-dealkylation sites (tertiary alicyclic amines) is 1. The van der Waals surface area contributed by atoms with E-state index in [2.05, 4.69) is 48.0 Å². The van der Waals surface area contributed by atoms with Gasteiger partial charge < -0.3 is 5.11 Å². The number of fused-ring (bicyclic) bond motifs is 5. The number of rotatable bonds is 2. The molecule has 0 bridgehead atoms. The summed E-state index contributed by atoms with van der Waals surface area (Å²) in [6.45, 7) is 7.62. The number of hydrogen-bond donors (Lipinski definition) is 1. The molecule has 0 aromatic carbocycles. The zero-order valence-electron chi connectivity index (χ0n) is 20.0. The second kappa shape index (κ2) is 7.81. The summed E-state index contributed by atoms with van der Waals surface area (Å²) in [5.74, 6) is 2.18. The van der Waals surface area contributed by atoms with E-state index in [-0.39, 0.29) is 11.5 Å². The fraction of sp³-hybridized carbons (Fsp3) is 0.690. The zero-order valence-corrected chi connectivity index (χ0v) is 20.0. The molecule has 3 heteroatoms. The Hall–Kier alpha value is -1.45. The van der Waals surface area contributed by atoms with Crippen molar-refractivity contribution in [1.82, 2.24) is 9.88 Å². The van der Waals surface area contributed by atoms with Gasteiger partial charge in [0, 0.05) is 23.9 Å². The molecule has 32 heavy (non-hydrogen) atoms. The molecule has 0 spiro atoms. The number of pyridine rings is 1. The Bertz CT molecular complexity index is 916. The van der Waals surface area contributed by atoms with Crippen LogP contribution in [0.15, 0.2) is 41.7 Å². The summed E-state index contributed by atoms with van der Waals surface area (Å²) in [4.78, 5) is 6.91. The van der Waals surface area contributed by atoms with Crippen molar-refractivity contribution in [2.24, 2.45) is 28.6 Å². The topological polar surface area (TPSA) is 36.4 Å². The number of allylic oxidation sites excluding steroid dienone is 1. The third-order valence-electron chi connectivity index (χ3n) is 10.6. The van der Waals surface area contributed by atoms with Crippen molar-refractivity contribution in [3.8, 4) is 0 Å². The largest absolute Gasteiger partial charge is 0.388 e. The lowest BCUT2D eigenvalue weighted by molar-refractivity contribution is -0.0726. The maximum Gasteiger partial charge on any atom is 0.0809 e. The molecule has 6 rings (SSSR count). The van der Waals surface area contributed by atoms with Gasteiger partial charge in [0.25, 0.3) is 0 Å². The molecule has 0 radical (unpaired) electrons. The highest BCUT2D eigenvalue weighted by atomic mass is 16.3. The first-order valence-electron chi connectivity index (χ1n) is 13.2. The fourth-order valence-corrected chi connectivity index (χ4v) is 8.74. The van der Waals surface area contributed by atoms with E-state index in [0.29, 0.717) is 17.4 Å². The number of aliphatic hydroxyl groups is 1. The predicted octanol–water partition coefficient (Wildman–Crippen LogP) is 5.86. The third kappa shape index (κ3) is 3.18. The highest BCUT2D eigenvalue weighted by Gasteiger charge is 2.60. The van der Waals surface area contributed by atoms with E-state index in [1.165, 1.54) is 75.6 Å². The monoisotopic (exact) mass is 432 g/mol. The Labute approximate surface area is 194 Å². The molecule has 1 N–H and O–H groups in total.